The van der Waals surface area contributed by atoms with E-state index < -0.39 is 27.3 Å². The number of nitrogens with zero attached hydrogens (tertiary/aromatic N) is 2. The Labute approximate surface area is 207 Å². The SMILES string of the molecule is COC(=O)Cn1c(=NC(=O)c2cc3c(ccc4ccccc43)oc2=O)sc2cc(S(C)(=O)=O)ccc21. The summed E-state index contributed by atoms with van der Waals surface area (Å²) in [5, 5.41) is 2.31. The molecular weight excluding hydrogens is 504 g/mol. The quantitative estimate of drug-likeness (QED) is 0.201. The second-order valence-corrected chi connectivity index (χ2v) is 11.0. The summed E-state index contributed by atoms with van der Waals surface area (Å²) in [6.07, 6.45) is 1.09. The monoisotopic (exact) mass is 522 g/mol. The number of benzene rings is 3. The molecule has 0 spiro atoms. The van der Waals surface area contributed by atoms with Crippen molar-refractivity contribution in [1.82, 2.24) is 4.57 Å². The highest BCUT2D eigenvalue weighted by Gasteiger charge is 2.18. The molecule has 0 unspecified atom stereocenters. The van der Waals surface area contributed by atoms with Gasteiger partial charge in [-0.2, -0.15) is 4.99 Å². The number of sulfone groups is 1. The third-order valence-electron chi connectivity index (χ3n) is 5.67. The Morgan fingerprint density at radius 1 is 1.06 bits per heavy atom. The van der Waals surface area contributed by atoms with Crippen LogP contribution >= 0.6 is 11.3 Å². The van der Waals surface area contributed by atoms with E-state index in [2.05, 4.69) is 4.99 Å². The zero-order valence-corrected chi connectivity index (χ0v) is 20.7. The number of methoxy groups -OCH3 is 1. The molecule has 0 aliphatic rings. The average molecular weight is 523 g/mol. The van der Waals surface area contributed by atoms with Crippen molar-refractivity contribution in [3.63, 3.8) is 0 Å². The first kappa shape index (κ1) is 23.6. The molecule has 36 heavy (non-hydrogen) atoms. The summed E-state index contributed by atoms with van der Waals surface area (Å²) in [5.74, 6) is -1.44. The van der Waals surface area contributed by atoms with Crippen molar-refractivity contribution >= 4 is 65.0 Å². The van der Waals surface area contributed by atoms with Crippen molar-refractivity contribution < 1.29 is 27.2 Å². The van der Waals surface area contributed by atoms with E-state index in [1.54, 1.807) is 6.07 Å². The summed E-state index contributed by atoms with van der Waals surface area (Å²) in [4.78, 5) is 42.2. The topological polar surface area (TPSA) is 125 Å². The van der Waals surface area contributed by atoms with Crippen LogP contribution in [0, 0.1) is 0 Å². The molecule has 0 saturated heterocycles. The van der Waals surface area contributed by atoms with E-state index in [1.165, 1.54) is 35.9 Å². The maximum absolute atomic E-state index is 13.2. The predicted molar refractivity (Wildman–Crippen MR) is 135 cm³/mol. The van der Waals surface area contributed by atoms with Gasteiger partial charge in [-0.25, -0.2) is 13.2 Å². The molecule has 9 nitrogen and oxygen atoms in total. The summed E-state index contributed by atoms with van der Waals surface area (Å²) >= 11 is 1.01. The van der Waals surface area contributed by atoms with Gasteiger partial charge in [0, 0.05) is 11.6 Å². The van der Waals surface area contributed by atoms with Crippen LogP contribution < -0.4 is 10.4 Å². The third kappa shape index (κ3) is 4.23. The lowest BCUT2D eigenvalue weighted by Gasteiger charge is -2.05. The molecule has 2 heterocycles. The van der Waals surface area contributed by atoms with Crippen LogP contribution in [0.25, 0.3) is 32.0 Å². The van der Waals surface area contributed by atoms with Gasteiger partial charge < -0.3 is 13.7 Å². The van der Waals surface area contributed by atoms with Crippen LogP contribution in [0.3, 0.4) is 0 Å². The number of amides is 1. The summed E-state index contributed by atoms with van der Waals surface area (Å²) in [7, 11) is -2.25. The molecule has 0 atom stereocenters. The van der Waals surface area contributed by atoms with E-state index in [0.717, 1.165) is 28.4 Å². The fourth-order valence-electron chi connectivity index (χ4n) is 3.88. The molecular formula is C25H18N2O7S2. The molecule has 5 aromatic rings. The van der Waals surface area contributed by atoms with Crippen LogP contribution in [0.4, 0.5) is 0 Å². The average Bonchev–Trinajstić information content (AvgIpc) is 3.18. The maximum atomic E-state index is 13.2. The largest absolute Gasteiger partial charge is 0.468 e. The van der Waals surface area contributed by atoms with Gasteiger partial charge in [0.2, 0.25) is 0 Å². The van der Waals surface area contributed by atoms with Gasteiger partial charge in [-0.1, -0.05) is 41.7 Å². The lowest BCUT2D eigenvalue weighted by Crippen LogP contribution is -2.23. The number of fused-ring (bicyclic) bond motifs is 4. The second-order valence-electron chi connectivity index (χ2n) is 8.01. The van der Waals surface area contributed by atoms with Crippen molar-refractivity contribution in [3.8, 4) is 0 Å². The first-order valence-corrected chi connectivity index (χ1v) is 13.3. The van der Waals surface area contributed by atoms with Crippen LogP contribution in [0.1, 0.15) is 10.4 Å². The summed E-state index contributed by atoms with van der Waals surface area (Å²) in [6, 6.07) is 16.8. The number of esters is 1. The van der Waals surface area contributed by atoms with Crippen LogP contribution in [0.2, 0.25) is 0 Å². The molecule has 3 aromatic carbocycles. The number of hydrogen-bond acceptors (Lipinski definition) is 8. The summed E-state index contributed by atoms with van der Waals surface area (Å²) in [6.45, 7) is -0.266. The Kier molecular flexibility index (Phi) is 5.81. The molecule has 0 saturated carbocycles. The molecule has 0 aliphatic heterocycles. The van der Waals surface area contributed by atoms with Crippen molar-refractivity contribution in [2.24, 2.45) is 4.99 Å². The fourth-order valence-corrected chi connectivity index (χ4v) is 5.67. The van der Waals surface area contributed by atoms with Crippen molar-refractivity contribution in [3.05, 3.63) is 81.4 Å². The van der Waals surface area contributed by atoms with E-state index in [9.17, 15) is 22.8 Å². The lowest BCUT2D eigenvalue weighted by atomic mass is 10.0. The van der Waals surface area contributed by atoms with E-state index in [1.807, 2.05) is 30.3 Å². The molecule has 2 aromatic heterocycles. The Morgan fingerprint density at radius 2 is 1.83 bits per heavy atom. The lowest BCUT2D eigenvalue weighted by molar-refractivity contribution is -0.141. The summed E-state index contributed by atoms with van der Waals surface area (Å²) in [5.41, 5.74) is -0.281. The fraction of sp³-hybridized carbons (Fsp3) is 0.120. The van der Waals surface area contributed by atoms with Crippen molar-refractivity contribution in [2.45, 2.75) is 11.4 Å². The minimum Gasteiger partial charge on any atom is -0.468 e. The van der Waals surface area contributed by atoms with Crippen LogP contribution in [-0.2, 0) is 25.9 Å². The van der Waals surface area contributed by atoms with Gasteiger partial charge >= 0.3 is 11.6 Å². The minimum atomic E-state index is -3.48. The second kappa shape index (κ2) is 8.85. The Balaban J connectivity index is 1.71. The number of hydrogen-bond donors (Lipinski definition) is 0. The molecule has 1 amide bonds. The van der Waals surface area contributed by atoms with E-state index in [4.69, 9.17) is 9.15 Å². The van der Waals surface area contributed by atoms with E-state index in [-0.39, 0.29) is 21.8 Å². The van der Waals surface area contributed by atoms with Gasteiger partial charge in [-0.15, -0.1) is 0 Å². The number of aromatic nitrogens is 1. The van der Waals surface area contributed by atoms with Crippen LogP contribution in [0.15, 0.2) is 79.8 Å². The number of carbonyl (C=O) groups is 2. The molecule has 5 rings (SSSR count). The van der Waals surface area contributed by atoms with Crippen molar-refractivity contribution in [1.29, 1.82) is 0 Å². The van der Waals surface area contributed by atoms with E-state index >= 15 is 0 Å². The van der Waals surface area contributed by atoms with Crippen LogP contribution in [0.5, 0.6) is 0 Å². The van der Waals surface area contributed by atoms with Gasteiger partial charge in [0.15, 0.2) is 14.6 Å². The number of ether oxygens (including phenoxy) is 1. The van der Waals surface area contributed by atoms with Gasteiger partial charge in [0.25, 0.3) is 5.91 Å². The molecule has 0 aliphatic carbocycles. The zero-order chi connectivity index (χ0) is 25.6. The molecule has 0 radical (unpaired) electrons. The molecule has 0 fully saturated rings. The van der Waals surface area contributed by atoms with Gasteiger partial charge in [0.1, 0.15) is 17.7 Å². The predicted octanol–water partition coefficient (Wildman–Crippen LogP) is 3.28. The number of thiazole rings is 1. The van der Waals surface area contributed by atoms with Gasteiger partial charge in [-0.3, -0.25) is 9.59 Å². The van der Waals surface area contributed by atoms with Crippen molar-refractivity contribution in [2.75, 3.05) is 13.4 Å². The first-order valence-electron chi connectivity index (χ1n) is 10.6. The highest BCUT2D eigenvalue weighted by Crippen LogP contribution is 2.25. The highest BCUT2D eigenvalue weighted by molar-refractivity contribution is 7.90. The van der Waals surface area contributed by atoms with Gasteiger partial charge in [-0.05, 0) is 41.1 Å². The molecule has 182 valence electrons. The molecule has 11 heteroatoms. The van der Waals surface area contributed by atoms with E-state index in [0.29, 0.717) is 21.2 Å². The standard InChI is InChI=1S/C25H18N2O7S2/c1-33-22(28)13-27-19-9-8-15(36(2,31)32)11-21(19)35-25(27)26-23(29)18-12-17-16-6-4-3-5-14(16)7-10-20(17)34-24(18)30/h3-12H,13H2,1-2H3. The minimum absolute atomic E-state index is 0.0846. The Bertz CT molecular complexity index is 1950. The Morgan fingerprint density at radius 3 is 2.58 bits per heavy atom. The highest BCUT2D eigenvalue weighted by atomic mass is 32.2. The first-order chi connectivity index (χ1) is 17.2. The van der Waals surface area contributed by atoms with Crippen LogP contribution in [-0.4, -0.2) is 38.2 Å². The normalized spacial score (nSPS) is 12.4. The third-order valence-corrected chi connectivity index (χ3v) is 7.82. The smallest absolute Gasteiger partial charge is 0.349 e. The maximum Gasteiger partial charge on any atom is 0.349 e. The Hall–Kier alpha value is -4.09. The number of rotatable bonds is 4. The summed E-state index contributed by atoms with van der Waals surface area (Å²) < 4.78 is 36.1. The van der Waals surface area contributed by atoms with Gasteiger partial charge in [0.05, 0.1) is 22.2 Å². The molecule has 0 bridgehead atoms. The molecule has 0 N–H and O–H groups in total. The number of carbonyl (C=O) groups excluding carboxylic acids is 2. The zero-order valence-electron chi connectivity index (χ0n) is 19.0.